The minimum absolute atomic E-state index is 0.230. The maximum absolute atomic E-state index is 9.36. The van der Waals surface area contributed by atoms with E-state index in [1.54, 1.807) is 6.07 Å². The summed E-state index contributed by atoms with van der Waals surface area (Å²) in [5.74, 6) is 0. The Morgan fingerprint density at radius 1 is 1.41 bits per heavy atom. The predicted octanol–water partition coefficient (Wildman–Crippen LogP) is 2.27. The minimum atomic E-state index is 0.230. The number of rotatable bonds is 3. The summed E-state index contributed by atoms with van der Waals surface area (Å²) in [4.78, 5) is 2.31. The number of likely N-dealkylation sites (tertiary alicyclic amines) is 1. The molecule has 0 radical (unpaired) electrons. The van der Waals surface area contributed by atoms with E-state index in [1.807, 2.05) is 12.1 Å². The van der Waals surface area contributed by atoms with Crippen LogP contribution in [0.4, 0.5) is 5.69 Å². The number of nitrogen functional groups attached to an aromatic ring is 1. The molecule has 0 saturated carbocycles. The van der Waals surface area contributed by atoms with Gasteiger partial charge in [-0.2, -0.15) is 0 Å². The fourth-order valence-corrected chi connectivity index (χ4v) is 2.58. The summed E-state index contributed by atoms with van der Waals surface area (Å²) in [7, 11) is 0. The zero-order valence-electron chi connectivity index (χ0n) is 9.90. The first-order chi connectivity index (χ1) is 8.20. The van der Waals surface area contributed by atoms with Crippen molar-refractivity contribution in [1.82, 2.24) is 4.90 Å². The number of aliphatic hydroxyl groups excluding tert-OH is 1. The van der Waals surface area contributed by atoms with Crippen LogP contribution >= 0.6 is 11.6 Å². The van der Waals surface area contributed by atoms with E-state index in [4.69, 9.17) is 17.3 Å². The zero-order valence-corrected chi connectivity index (χ0v) is 10.7. The molecule has 0 spiro atoms. The van der Waals surface area contributed by atoms with Gasteiger partial charge in [0.1, 0.15) is 0 Å². The molecule has 1 heterocycles. The molecule has 1 fully saturated rings. The Labute approximate surface area is 107 Å². The molecule has 4 heteroatoms. The van der Waals surface area contributed by atoms with E-state index in [2.05, 4.69) is 4.90 Å². The topological polar surface area (TPSA) is 49.5 Å². The monoisotopic (exact) mass is 254 g/mol. The van der Waals surface area contributed by atoms with Crippen molar-refractivity contribution in [2.75, 3.05) is 18.9 Å². The van der Waals surface area contributed by atoms with E-state index < -0.39 is 0 Å². The third kappa shape index (κ3) is 3.12. The summed E-state index contributed by atoms with van der Waals surface area (Å²) in [5.41, 5.74) is 7.78. The van der Waals surface area contributed by atoms with Crippen LogP contribution in [0.3, 0.4) is 0 Å². The average Bonchev–Trinajstić information content (AvgIpc) is 2.33. The number of piperidine rings is 1. The summed E-state index contributed by atoms with van der Waals surface area (Å²) in [5, 5.41) is 10.0. The van der Waals surface area contributed by atoms with E-state index in [0.717, 1.165) is 30.8 Å². The summed E-state index contributed by atoms with van der Waals surface area (Å²) >= 11 is 5.88. The molecule has 1 unspecified atom stereocenters. The highest BCUT2D eigenvalue weighted by Gasteiger charge is 2.21. The number of hydrogen-bond acceptors (Lipinski definition) is 3. The first kappa shape index (κ1) is 12.7. The molecule has 1 atom stereocenters. The highest BCUT2D eigenvalue weighted by molar-refractivity contribution is 6.30. The van der Waals surface area contributed by atoms with E-state index >= 15 is 0 Å². The third-order valence-electron chi connectivity index (χ3n) is 3.44. The van der Waals surface area contributed by atoms with Crippen LogP contribution in [0, 0.1) is 0 Å². The van der Waals surface area contributed by atoms with Crippen molar-refractivity contribution >= 4 is 17.3 Å². The molecule has 1 aliphatic rings. The molecule has 1 aliphatic heterocycles. The van der Waals surface area contributed by atoms with E-state index in [-0.39, 0.29) is 12.6 Å². The SMILES string of the molecule is Nc1cc(Cl)ccc1CN1CCCCC1CO. The summed E-state index contributed by atoms with van der Waals surface area (Å²) < 4.78 is 0. The van der Waals surface area contributed by atoms with Crippen LogP contribution < -0.4 is 5.73 Å². The molecule has 1 saturated heterocycles. The molecule has 1 aromatic rings. The smallest absolute Gasteiger partial charge is 0.0586 e. The number of aliphatic hydroxyl groups is 1. The fraction of sp³-hybridized carbons (Fsp3) is 0.538. The van der Waals surface area contributed by atoms with Crippen molar-refractivity contribution in [2.45, 2.75) is 31.8 Å². The van der Waals surface area contributed by atoms with Crippen LogP contribution in [0.5, 0.6) is 0 Å². The third-order valence-corrected chi connectivity index (χ3v) is 3.68. The number of nitrogens with two attached hydrogens (primary N) is 1. The molecule has 94 valence electrons. The van der Waals surface area contributed by atoms with Gasteiger partial charge in [-0.25, -0.2) is 0 Å². The standard InChI is InChI=1S/C13H19ClN2O/c14-11-5-4-10(13(15)7-11)8-16-6-2-1-3-12(16)9-17/h4-5,7,12,17H,1-3,6,8-9,15H2. The van der Waals surface area contributed by atoms with E-state index in [1.165, 1.54) is 12.8 Å². The van der Waals surface area contributed by atoms with Crippen molar-refractivity contribution in [2.24, 2.45) is 0 Å². The predicted molar refractivity (Wildman–Crippen MR) is 71.0 cm³/mol. The lowest BCUT2D eigenvalue weighted by molar-refractivity contribution is 0.0843. The first-order valence-corrected chi connectivity index (χ1v) is 6.47. The fourth-order valence-electron chi connectivity index (χ4n) is 2.40. The number of nitrogens with zero attached hydrogens (tertiary/aromatic N) is 1. The second-order valence-electron chi connectivity index (χ2n) is 4.65. The lowest BCUT2D eigenvalue weighted by Crippen LogP contribution is -2.41. The minimum Gasteiger partial charge on any atom is -0.398 e. The Morgan fingerprint density at radius 2 is 2.24 bits per heavy atom. The van der Waals surface area contributed by atoms with Gasteiger partial charge < -0.3 is 10.8 Å². The lowest BCUT2D eigenvalue weighted by Gasteiger charge is -2.34. The summed E-state index contributed by atoms with van der Waals surface area (Å²) in [6.07, 6.45) is 3.48. The van der Waals surface area contributed by atoms with E-state index in [0.29, 0.717) is 5.02 Å². The highest BCUT2D eigenvalue weighted by Crippen LogP contribution is 2.23. The Hall–Kier alpha value is -0.770. The molecule has 3 N–H and O–H groups in total. The highest BCUT2D eigenvalue weighted by atomic mass is 35.5. The Bertz CT molecular complexity index is 384. The van der Waals surface area contributed by atoms with Crippen LogP contribution in [-0.2, 0) is 6.54 Å². The van der Waals surface area contributed by atoms with Gasteiger partial charge in [-0.05, 0) is 37.1 Å². The second-order valence-corrected chi connectivity index (χ2v) is 5.08. The summed E-state index contributed by atoms with van der Waals surface area (Å²) in [6, 6.07) is 5.90. The molecule has 0 aromatic heterocycles. The van der Waals surface area contributed by atoms with Crippen LogP contribution in [0.15, 0.2) is 18.2 Å². The molecule has 17 heavy (non-hydrogen) atoms. The Kier molecular flexibility index (Phi) is 4.26. The Balaban J connectivity index is 2.08. The molecule has 0 bridgehead atoms. The van der Waals surface area contributed by atoms with Crippen LogP contribution in [0.25, 0.3) is 0 Å². The van der Waals surface area contributed by atoms with Crippen molar-refractivity contribution in [3.8, 4) is 0 Å². The van der Waals surface area contributed by atoms with Crippen molar-refractivity contribution in [3.05, 3.63) is 28.8 Å². The molecule has 1 aromatic carbocycles. The van der Waals surface area contributed by atoms with Gasteiger partial charge in [-0.15, -0.1) is 0 Å². The van der Waals surface area contributed by atoms with Gasteiger partial charge in [0, 0.05) is 23.3 Å². The van der Waals surface area contributed by atoms with Gasteiger partial charge in [0.15, 0.2) is 0 Å². The number of hydrogen-bond donors (Lipinski definition) is 2. The number of anilines is 1. The summed E-state index contributed by atoms with van der Waals surface area (Å²) in [6.45, 7) is 2.06. The van der Waals surface area contributed by atoms with E-state index in [9.17, 15) is 5.11 Å². The molecule has 2 rings (SSSR count). The average molecular weight is 255 g/mol. The molecular formula is C13H19ClN2O. The van der Waals surface area contributed by atoms with Gasteiger partial charge in [-0.1, -0.05) is 24.1 Å². The maximum Gasteiger partial charge on any atom is 0.0586 e. The number of halogens is 1. The van der Waals surface area contributed by atoms with Crippen LogP contribution in [-0.4, -0.2) is 29.2 Å². The van der Waals surface area contributed by atoms with Crippen molar-refractivity contribution in [1.29, 1.82) is 0 Å². The van der Waals surface area contributed by atoms with Gasteiger partial charge >= 0.3 is 0 Å². The quantitative estimate of drug-likeness (QED) is 0.814. The maximum atomic E-state index is 9.36. The van der Waals surface area contributed by atoms with Crippen LogP contribution in [0.1, 0.15) is 24.8 Å². The largest absolute Gasteiger partial charge is 0.398 e. The number of benzene rings is 1. The molecule has 3 nitrogen and oxygen atoms in total. The van der Waals surface area contributed by atoms with Crippen molar-refractivity contribution in [3.63, 3.8) is 0 Å². The molecule has 0 amide bonds. The normalized spacial score (nSPS) is 21.6. The Morgan fingerprint density at radius 3 is 2.94 bits per heavy atom. The zero-order chi connectivity index (χ0) is 12.3. The molecular weight excluding hydrogens is 236 g/mol. The van der Waals surface area contributed by atoms with Gasteiger partial charge in [-0.3, -0.25) is 4.90 Å². The first-order valence-electron chi connectivity index (χ1n) is 6.09. The lowest BCUT2D eigenvalue weighted by atomic mass is 10.0. The van der Waals surface area contributed by atoms with Gasteiger partial charge in [0.05, 0.1) is 6.61 Å². The van der Waals surface area contributed by atoms with Crippen LogP contribution in [0.2, 0.25) is 5.02 Å². The second kappa shape index (κ2) is 5.71. The molecule has 0 aliphatic carbocycles. The van der Waals surface area contributed by atoms with Crippen molar-refractivity contribution < 1.29 is 5.11 Å². The van der Waals surface area contributed by atoms with Gasteiger partial charge in [0.2, 0.25) is 0 Å². The van der Waals surface area contributed by atoms with Gasteiger partial charge in [0.25, 0.3) is 0 Å².